The molecule has 1 unspecified atom stereocenters. The lowest BCUT2D eigenvalue weighted by atomic mass is 9.97. The average molecular weight is 262 g/mol. The molecular formula is C10H16BrNS. The topological polar surface area (TPSA) is 12.0 Å². The van der Waals surface area contributed by atoms with Gasteiger partial charge in [0.15, 0.2) is 0 Å². The third-order valence-electron chi connectivity index (χ3n) is 2.24. The zero-order valence-corrected chi connectivity index (χ0v) is 10.9. The number of rotatable bonds is 3. The van der Waals surface area contributed by atoms with E-state index in [4.69, 9.17) is 0 Å². The van der Waals surface area contributed by atoms with E-state index in [1.807, 2.05) is 7.05 Å². The van der Waals surface area contributed by atoms with Crippen LogP contribution in [0, 0.1) is 12.8 Å². The van der Waals surface area contributed by atoms with E-state index in [0.717, 1.165) is 0 Å². The van der Waals surface area contributed by atoms with Gasteiger partial charge in [-0.25, -0.2) is 0 Å². The Hall–Kier alpha value is 0.140. The van der Waals surface area contributed by atoms with Gasteiger partial charge in [0.2, 0.25) is 0 Å². The van der Waals surface area contributed by atoms with Crippen LogP contribution in [0.4, 0.5) is 0 Å². The van der Waals surface area contributed by atoms with Gasteiger partial charge in [-0.1, -0.05) is 13.8 Å². The lowest BCUT2D eigenvalue weighted by molar-refractivity contribution is 0.442. The Labute approximate surface area is 92.7 Å². The second kappa shape index (κ2) is 4.58. The van der Waals surface area contributed by atoms with E-state index in [-0.39, 0.29) is 0 Å². The fourth-order valence-corrected chi connectivity index (χ4v) is 3.37. The molecule has 0 radical (unpaired) electrons. The Balaban J connectivity index is 2.97. The fraction of sp³-hybridized carbons (Fsp3) is 0.600. The van der Waals surface area contributed by atoms with Crippen LogP contribution in [-0.4, -0.2) is 7.05 Å². The van der Waals surface area contributed by atoms with E-state index >= 15 is 0 Å². The van der Waals surface area contributed by atoms with Crippen molar-refractivity contribution in [3.05, 3.63) is 20.3 Å². The first-order valence-electron chi connectivity index (χ1n) is 4.49. The van der Waals surface area contributed by atoms with Crippen LogP contribution in [0.15, 0.2) is 9.85 Å². The highest BCUT2D eigenvalue weighted by Gasteiger charge is 2.17. The molecule has 13 heavy (non-hydrogen) atoms. The summed E-state index contributed by atoms with van der Waals surface area (Å²) >= 11 is 5.33. The summed E-state index contributed by atoms with van der Waals surface area (Å²) in [6.45, 7) is 6.66. The summed E-state index contributed by atoms with van der Waals surface area (Å²) in [5, 5.41) is 3.36. The van der Waals surface area contributed by atoms with Crippen molar-refractivity contribution < 1.29 is 0 Å². The minimum atomic E-state index is 0.475. The molecule has 0 saturated carbocycles. The van der Waals surface area contributed by atoms with Crippen LogP contribution < -0.4 is 5.32 Å². The standard InChI is InChI=1S/C10H16BrNS/c1-6(2)10(12-4)8-5-9(11)13-7(8)3/h5-6,10,12H,1-4H3. The van der Waals surface area contributed by atoms with Gasteiger partial charge in [0.1, 0.15) is 0 Å². The number of hydrogen-bond acceptors (Lipinski definition) is 2. The molecule has 1 aromatic heterocycles. The maximum Gasteiger partial charge on any atom is 0.0704 e. The van der Waals surface area contributed by atoms with Gasteiger partial charge in [-0.15, -0.1) is 11.3 Å². The van der Waals surface area contributed by atoms with Gasteiger partial charge >= 0.3 is 0 Å². The van der Waals surface area contributed by atoms with Crippen LogP contribution in [0.25, 0.3) is 0 Å². The minimum Gasteiger partial charge on any atom is -0.313 e. The third kappa shape index (κ3) is 2.55. The monoisotopic (exact) mass is 261 g/mol. The molecule has 0 spiro atoms. The second-order valence-electron chi connectivity index (χ2n) is 3.57. The molecule has 0 aliphatic heterocycles. The number of hydrogen-bond donors (Lipinski definition) is 1. The van der Waals surface area contributed by atoms with Crippen LogP contribution in [0.2, 0.25) is 0 Å². The maximum atomic E-state index is 3.52. The van der Waals surface area contributed by atoms with Crippen LogP contribution in [0.1, 0.15) is 30.3 Å². The molecule has 0 aliphatic rings. The Bertz CT molecular complexity index is 280. The summed E-state index contributed by atoms with van der Waals surface area (Å²) in [5.74, 6) is 0.630. The minimum absolute atomic E-state index is 0.475. The van der Waals surface area contributed by atoms with E-state index in [1.165, 1.54) is 14.2 Å². The maximum absolute atomic E-state index is 3.52. The first-order chi connectivity index (χ1) is 6.06. The zero-order chi connectivity index (χ0) is 10.0. The van der Waals surface area contributed by atoms with E-state index in [1.54, 1.807) is 11.3 Å². The normalized spacial score (nSPS) is 13.7. The van der Waals surface area contributed by atoms with Crippen molar-refractivity contribution in [2.45, 2.75) is 26.8 Å². The predicted octanol–water partition coefficient (Wildman–Crippen LogP) is 3.74. The fourth-order valence-electron chi connectivity index (χ4n) is 1.62. The third-order valence-corrected chi connectivity index (χ3v) is 3.81. The van der Waals surface area contributed by atoms with E-state index in [0.29, 0.717) is 12.0 Å². The summed E-state index contributed by atoms with van der Waals surface area (Å²) in [5.41, 5.74) is 1.43. The summed E-state index contributed by atoms with van der Waals surface area (Å²) in [4.78, 5) is 1.40. The molecule has 74 valence electrons. The summed E-state index contributed by atoms with van der Waals surface area (Å²) in [7, 11) is 2.02. The van der Waals surface area contributed by atoms with Gasteiger partial charge in [-0.3, -0.25) is 0 Å². The molecule has 1 heterocycles. The molecule has 0 aliphatic carbocycles. The molecule has 1 rings (SSSR count). The number of aryl methyl sites for hydroxylation is 1. The van der Waals surface area contributed by atoms with Crippen molar-refractivity contribution >= 4 is 27.3 Å². The molecule has 1 N–H and O–H groups in total. The van der Waals surface area contributed by atoms with Gasteiger partial charge in [0, 0.05) is 10.9 Å². The first kappa shape index (κ1) is 11.2. The van der Waals surface area contributed by atoms with Gasteiger partial charge in [-0.2, -0.15) is 0 Å². The van der Waals surface area contributed by atoms with Crippen LogP contribution >= 0.6 is 27.3 Å². The van der Waals surface area contributed by atoms with Crippen molar-refractivity contribution in [2.24, 2.45) is 5.92 Å². The highest BCUT2D eigenvalue weighted by atomic mass is 79.9. The van der Waals surface area contributed by atoms with Crippen LogP contribution in [0.5, 0.6) is 0 Å². The molecule has 0 fully saturated rings. The number of thiophene rings is 1. The number of nitrogens with one attached hydrogen (secondary N) is 1. The second-order valence-corrected chi connectivity index (χ2v) is 6.21. The van der Waals surface area contributed by atoms with Crippen molar-refractivity contribution in [1.82, 2.24) is 5.32 Å². The van der Waals surface area contributed by atoms with Gasteiger partial charge in [0.25, 0.3) is 0 Å². The average Bonchev–Trinajstić information content (AvgIpc) is 2.31. The molecular weight excluding hydrogens is 246 g/mol. The Kier molecular flexibility index (Phi) is 3.95. The lowest BCUT2D eigenvalue weighted by Crippen LogP contribution is -2.21. The molecule has 1 nitrogen and oxygen atoms in total. The number of halogens is 1. The quantitative estimate of drug-likeness (QED) is 0.875. The van der Waals surface area contributed by atoms with Crippen molar-refractivity contribution in [1.29, 1.82) is 0 Å². The molecule has 0 amide bonds. The van der Waals surface area contributed by atoms with Crippen molar-refractivity contribution in [3.63, 3.8) is 0 Å². The molecule has 0 bridgehead atoms. The summed E-state index contributed by atoms with van der Waals surface area (Å²) < 4.78 is 1.22. The molecule has 1 atom stereocenters. The lowest BCUT2D eigenvalue weighted by Gasteiger charge is -2.20. The summed E-state index contributed by atoms with van der Waals surface area (Å²) in [6.07, 6.45) is 0. The van der Waals surface area contributed by atoms with Gasteiger partial charge in [0.05, 0.1) is 3.79 Å². The molecule has 1 aromatic rings. The van der Waals surface area contributed by atoms with Crippen molar-refractivity contribution in [3.8, 4) is 0 Å². The van der Waals surface area contributed by atoms with Crippen LogP contribution in [0.3, 0.4) is 0 Å². The Morgan fingerprint density at radius 2 is 2.08 bits per heavy atom. The molecule has 0 aromatic carbocycles. The van der Waals surface area contributed by atoms with E-state index in [9.17, 15) is 0 Å². The smallest absolute Gasteiger partial charge is 0.0704 e. The Morgan fingerprint density at radius 3 is 2.38 bits per heavy atom. The zero-order valence-electron chi connectivity index (χ0n) is 8.52. The summed E-state index contributed by atoms with van der Waals surface area (Å²) in [6, 6.07) is 2.70. The van der Waals surface area contributed by atoms with Crippen molar-refractivity contribution in [2.75, 3.05) is 7.05 Å². The largest absolute Gasteiger partial charge is 0.313 e. The molecule has 3 heteroatoms. The highest BCUT2D eigenvalue weighted by molar-refractivity contribution is 9.11. The SMILES string of the molecule is CNC(c1cc(Br)sc1C)C(C)C. The first-order valence-corrected chi connectivity index (χ1v) is 6.10. The van der Waals surface area contributed by atoms with Gasteiger partial charge in [-0.05, 0) is 47.4 Å². The highest BCUT2D eigenvalue weighted by Crippen LogP contribution is 2.33. The van der Waals surface area contributed by atoms with E-state index < -0.39 is 0 Å². The van der Waals surface area contributed by atoms with E-state index in [2.05, 4.69) is 48.1 Å². The Morgan fingerprint density at radius 1 is 1.46 bits per heavy atom. The van der Waals surface area contributed by atoms with Gasteiger partial charge < -0.3 is 5.32 Å². The van der Waals surface area contributed by atoms with Crippen LogP contribution in [-0.2, 0) is 0 Å². The molecule has 0 saturated heterocycles. The predicted molar refractivity (Wildman–Crippen MR) is 63.4 cm³/mol.